The second-order valence-corrected chi connectivity index (χ2v) is 5.38. The summed E-state index contributed by atoms with van der Waals surface area (Å²) in [5, 5.41) is 14.5. The third-order valence-corrected chi connectivity index (χ3v) is 3.53. The molecule has 0 unspecified atom stereocenters. The Balaban J connectivity index is 1.53. The van der Waals surface area contributed by atoms with Crippen molar-refractivity contribution in [3.63, 3.8) is 0 Å². The van der Waals surface area contributed by atoms with E-state index in [0.717, 1.165) is 23.1 Å². The lowest BCUT2D eigenvalue weighted by atomic mass is 10.1. The molecular formula is C16H18N6O. The molecule has 0 bridgehead atoms. The van der Waals surface area contributed by atoms with E-state index >= 15 is 0 Å². The number of aromatic nitrogens is 5. The van der Waals surface area contributed by atoms with E-state index in [2.05, 4.69) is 45.0 Å². The maximum atomic E-state index is 11.9. The van der Waals surface area contributed by atoms with Crippen molar-refractivity contribution < 1.29 is 4.79 Å². The highest BCUT2D eigenvalue weighted by molar-refractivity contribution is 5.91. The zero-order valence-electron chi connectivity index (χ0n) is 13.1. The summed E-state index contributed by atoms with van der Waals surface area (Å²) in [4.78, 5) is 11.9. The van der Waals surface area contributed by atoms with Crippen molar-refractivity contribution in [1.29, 1.82) is 0 Å². The standard InChI is InChI=1S/C16H18N6O/c1-21-10-14(9-18-21)13-5-3-12(4-6-13)7-8-17-16(23)15-11-22(2)20-19-15/h3-6,9-11H,7-8H2,1-2H3,(H,17,23). The van der Waals surface area contributed by atoms with Crippen molar-refractivity contribution >= 4 is 5.91 Å². The molecule has 118 valence electrons. The molecule has 0 aliphatic rings. The molecule has 0 saturated heterocycles. The summed E-state index contributed by atoms with van der Waals surface area (Å²) in [5.41, 5.74) is 3.72. The Morgan fingerprint density at radius 1 is 1.09 bits per heavy atom. The normalized spacial score (nSPS) is 10.7. The van der Waals surface area contributed by atoms with Crippen LogP contribution < -0.4 is 5.32 Å². The minimum Gasteiger partial charge on any atom is -0.350 e. The molecule has 0 fully saturated rings. The minimum absolute atomic E-state index is 0.204. The van der Waals surface area contributed by atoms with Gasteiger partial charge < -0.3 is 5.32 Å². The van der Waals surface area contributed by atoms with E-state index < -0.39 is 0 Å². The van der Waals surface area contributed by atoms with Gasteiger partial charge in [0, 0.05) is 32.4 Å². The van der Waals surface area contributed by atoms with Crippen LogP contribution in [0.15, 0.2) is 42.9 Å². The van der Waals surface area contributed by atoms with E-state index in [1.807, 2.05) is 19.4 Å². The summed E-state index contributed by atoms with van der Waals surface area (Å²) < 4.78 is 3.29. The first-order valence-electron chi connectivity index (χ1n) is 7.34. The average Bonchev–Trinajstić information content (AvgIpc) is 3.16. The minimum atomic E-state index is -0.204. The van der Waals surface area contributed by atoms with E-state index in [0.29, 0.717) is 12.2 Å². The Morgan fingerprint density at radius 2 is 1.87 bits per heavy atom. The van der Waals surface area contributed by atoms with Gasteiger partial charge in [0.25, 0.3) is 5.91 Å². The summed E-state index contributed by atoms with van der Waals surface area (Å²) in [7, 11) is 3.63. The van der Waals surface area contributed by atoms with Crippen LogP contribution in [0.25, 0.3) is 11.1 Å². The van der Waals surface area contributed by atoms with E-state index in [9.17, 15) is 4.79 Å². The fraction of sp³-hybridized carbons (Fsp3) is 0.250. The molecule has 3 aromatic rings. The highest BCUT2D eigenvalue weighted by atomic mass is 16.2. The fourth-order valence-corrected chi connectivity index (χ4v) is 2.30. The van der Waals surface area contributed by atoms with Crippen LogP contribution >= 0.6 is 0 Å². The second-order valence-electron chi connectivity index (χ2n) is 5.38. The Hall–Kier alpha value is -2.96. The molecular weight excluding hydrogens is 292 g/mol. The number of rotatable bonds is 5. The van der Waals surface area contributed by atoms with Crippen molar-refractivity contribution in [2.45, 2.75) is 6.42 Å². The van der Waals surface area contributed by atoms with Crippen molar-refractivity contribution in [3.05, 3.63) is 54.1 Å². The predicted molar refractivity (Wildman–Crippen MR) is 85.7 cm³/mol. The van der Waals surface area contributed by atoms with Gasteiger partial charge in [-0.15, -0.1) is 5.10 Å². The molecule has 3 rings (SSSR count). The molecule has 0 spiro atoms. The monoisotopic (exact) mass is 310 g/mol. The SMILES string of the molecule is Cn1cc(-c2ccc(CCNC(=O)c3cn(C)nn3)cc2)cn1. The molecule has 7 heteroatoms. The summed E-state index contributed by atoms with van der Waals surface area (Å²) in [6.45, 7) is 0.557. The van der Waals surface area contributed by atoms with Gasteiger partial charge in [-0.1, -0.05) is 29.5 Å². The molecule has 0 aliphatic carbocycles. The van der Waals surface area contributed by atoms with Crippen LogP contribution in [0.4, 0.5) is 0 Å². The van der Waals surface area contributed by atoms with E-state index in [-0.39, 0.29) is 5.91 Å². The van der Waals surface area contributed by atoms with Gasteiger partial charge in [0.1, 0.15) is 0 Å². The molecule has 1 N–H and O–H groups in total. The number of hydrogen-bond donors (Lipinski definition) is 1. The number of aryl methyl sites for hydroxylation is 2. The molecule has 2 heterocycles. The van der Waals surface area contributed by atoms with Crippen molar-refractivity contribution in [3.8, 4) is 11.1 Å². The Morgan fingerprint density at radius 3 is 2.48 bits per heavy atom. The third-order valence-electron chi connectivity index (χ3n) is 3.53. The van der Waals surface area contributed by atoms with Gasteiger partial charge in [0.15, 0.2) is 5.69 Å². The largest absolute Gasteiger partial charge is 0.350 e. The summed E-state index contributed by atoms with van der Waals surface area (Å²) >= 11 is 0. The van der Waals surface area contributed by atoms with Gasteiger partial charge in [0.05, 0.1) is 12.4 Å². The summed E-state index contributed by atoms with van der Waals surface area (Å²) in [6.07, 6.45) is 6.18. The maximum Gasteiger partial charge on any atom is 0.273 e. The highest BCUT2D eigenvalue weighted by Crippen LogP contribution is 2.18. The number of nitrogens with zero attached hydrogens (tertiary/aromatic N) is 5. The van der Waals surface area contributed by atoms with Gasteiger partial charge in [-0.2, -0.15) is 5.10 Å². The first kappa shape index (κ1) is 15.0. The number of carbonyl (C=O) groups excluding carboxylic acids is 1. The number of amides is 1. The first-order valence-corrected chi connectivity index (χ1v) is 7.34. The van der Waals surface area contributed by atoms with Gasteiger partial charge in [-0.3, -0.25) is 14.2 Å². The van der Waals surface area contributed by atoms with Crippen LogP contribution in [0.5, 0.6) is 0 Å². The second kappa shape index (κ2) is 6.43. The van der Waals surface area contributed by atoms with E-state index in [4.69, 9.17) is 0 Å². The van der Waals surface area contributed by atoms with Crippen LogP contribution in [0.1, 0.15) is 16.1 Å². The van der Waals surface area contributed by atoms with E-state index in [1.165, 1.54) is 4.68 Å². The maximum absolute atomic E-state index is 11.9. The zero-order chi connectivity index (χ0) is 16.2. The lowest BCUT2D eigenvalue weighted by Crippen LogP contribution is -2.26. The van der Waals surface area contributed by atoms with Gasteiger partial charge in [0.2, 0.25) is 0 Å². The van der Waals surface area contributed by atoms with Crippen molar-refractivity contribution in [1.82, 2.24) is 30.1 Å². The Kier molecular flexibility index (Phi) is 4.18. The smallest absolute Gasteiger partial charge is 0.273 e. The van der Waals surface area contributed by atoms with Crippen LogP contribution in [-0.4, -0.2) is 37.2 Å². The lowest BCUT2D eigenvalue weighted by molar-refractivity contribution is 0.0949. The lowest BCUT2D eigenvalue weighted by Gasteiger charge is -2.04. The molecule has 0 aliphatic heterocycles. The van der Waals surface area contributed by atoms with Gasteiger partial charge >= 0.3 is 0 Å². The molecule has 1 amide bonds. The van der Waals surface area contributed by atoms with Crippen molar-refractivity contribution in [2.75, 3.05) is 6.54 Å². The topological polar surface area (TPSA) is 77.6 Å². The quantitative estimate of drug-likeness (QED) is 0.768. The molecule has 23 heavy (non-hydrogen) atoms. The number of carbonyl (C=O) groups is 1. The summed E-state index contributed by atoms with van der Waals surface area (Å²) in [6, 6.07) is 8.27. The van der Waals surface area contributed by atoms with Crippen molar-refractivity contribution in [2.24, 2.45) is 14.1 Å². The highest BCUT2D eigenvalue weighted by Gasteiger charge is 2.08. The average molecular weight is 310 g/mol. The molecule has 2 aromatic heterocycles. The molecule has 7 nitrogen and oxygen atoms in total. The molecule has 0 radical (unpaired) electrons. The first-order chi connectivity index (χ1) is 11.1. The van der Waals surface area contributed by atoms with Gasteiger partial charge in [-0.25, -0.2) is 0 Å². The van der Waals surface area contributed by atoms with Gasteiger partial charge in [-0.05, 0) is 17.5 Å². The number of hydrogen-bond acceptors (Lipinski definition) is 4. The van der Waals surface area contributed by atoms with E-state index in [1.54, 1.807) is 17.9 Å². The van der Waals surface area contributed by atoms with Crippen LogP contribution in [0.2, 0.25) is 0 Å². The van der Waals surface area contributed by atoms with Crippen LogP contribution in [0, 0.1) is 0 Å². The predicted octanol–water partition coefficient (Wildman–Crippen LogP) is 1.19. The summed E-state index contributed by atoms with van der Waals surface area (Å²) in [5.74, 6) is -0.204. The fourth-order valence-electron chi connectivity index (χ4n) is 2.30. The molecule has 0 atom stereocenters. The zero-order valence-corrected chi connectivity index (χ0v) is 13.1. The number of nitrogens with one attached hydrogen (secondary N) is 1. The Labute approximate surface area is 133 Å². The van der Waals surface area contributed by atoms with Crippen LogP contribution in [-0.2, 0) is 20.5 Å². The Bertz CT molecular complexity index is 802. The molecule has 1 aromatic carbocycles. The van der Waals surface area contributed by atoms with Crippen LogP contribution in [0.3, 0.4) is 0 Å². The third kappa shape index (κ3) is 3.63. The number of benzene rings is 1. The molecule has 0 saturated carbocycles.